The Labute approximate surface area is 194 Å². The lowest BCUT2D eigenvalue weighted by molar-refractivity contribution is -0.142. The summed E-state index contributed by atoms with van der Waals surface area (Å²) in [5.41, 5.74) is 8.34. The summed E-state index contributed by atoms with van der Waals surface area (Å²) in [4.78, 5) is 21.9. The van der Waals surface area contributed by atoms with Crippen molar-refractivity contribution in [2.75, 3.05) is 12.3 Å². The molecule has 179 valence electrons. The maximum atomic E-state index is 13.7. The van der Waals surface area contributed by atoms with Crippen LogP contribution in [0.5, 0.6) is 5.88 Å². The monoisotopic (exact) mass is 491 g/mol. The number of rotatable bonds is 1. The van der Waals surface area contributed by atoms with Gasteiger partial charge in [-0.25, -0.2) is 9.97 Å². The summed E-state index contributed by atoms with van der Waals surface area (Å²) in [5, 5.41) is 0.602. The molecule has 0 bridgehead atoms. The Morgan fingerprint density at radius 3 is 2.82 bits per heavy atom. The molecule has 6 rings (SSSR count). The number of carbonyl (C=O) groups excluding carboxylic acids is 1. The van der Waals surface area contributed by atoms with Crippen LogP contribution in [0.3, 0.4) is 0 Å². The van der Waals surface area contributed by atoms with Gasteiger partial charge < -0.3 is 24.5 Å². The first-order valence-electron chi connectivity index (χ1n) is 11.2. The summed E-state index contributed by atoms with van der Waals surface area (Å²) >= 11 is 0. The molecule has 0 spiro atoms. The molecule has 8 nitrogen and oxygen atoms in total. The molecule has 1 amide bonds. The molecule has 3 atom stereocenters. The Hall–Kier alpha value is -2.70. The van der Waals surface area contributed by atoms with Crippen LogP contribution in [0.15, 0.2) is 12.1 Å². The van der Waals surface area contributed by atoms with Crippen molar-refractivity contribution in [1.82, 2.24) is 14.5 Å². The molecule has 2 aromatic rings. The largest absolute Gasteiger partial charge is 0.476 e. The topological polar surface area (TPSA) is 99.8 Å². The number of carbonyl (C=O) groups is 1. The molecular formula is C22H22F3N4O4Si. The number of fused-ring (bicyclic) bond motifs is 6. The van der Waals surface area contributed by atoms with Crippen LogP contribution >= 0.6 is 0 Å². The highest BCUT2D eigenvalue weighted by Crippen LogP contribution is 2.39. The van der Waals surface area contributed by atoms with Crippen LogP contribution in [0.4, 0.5) is 19.0 Å². The van der Waals surface area contributed by atoms with Crippen LogP contribution < -0.4 is 15.7 Å². The predicted molar refractivity (Wildman–Crippen MR) is 114 cm³/mol. The normalized spacial score (nSPS) is 25.9. The van der Waals surface area contributed by atoms with E-state index in [4.69, 9.17) is 19.9 Å². The number of halogens is 3. The van der Waals surface area contributed by atoms with E-state index in [0.717, 1.165) is 28.5 Å². The fourth-order valence-electron chi connectivity index (χ4n) is 5.34. The molecule has 12 heteroatoms. The molecule has 2 N–H and O–H groups in total. The zero-order valence-electron chi connectivity index (χ0n) is 18.3. The summed E-state index contributed by atoms with van der Waals surface area (Å²) in [6.45, 7) is 3.02. The Bertz CT molecular complexity index is 1190. The standard InChI is InChI=1S/C22H22F3N4O4Si/c1-10-18-12(8-31-10)11-7-14(32-9-13(11)27-19(18)26)21(30)29-6-2-3-17-33-20-15(34(17)29)4-5-16(28-20)22(23,24)25/h4-5,10,14,17H,2-3,6-9H2,1H3,(H2,26,27)/t10-,14+,17-/m1/s1. The van der Waals surface area contributed by atoms with Gasteiger partial charge in [-0.2, -0.15) is 13.2 Å². The molecule has 0 aliphatic carbocycles. The van der Waals surface area contributed by atoms with Crippen LogP contribution in [0.25, 0.3) is 0 Å². The summed E-state index contributed by atoms with van der Waals surface area (Å²) in [7, 11) is -1.77. The second-order valence-corrected chi connectivity index (χ2v) is 11.4. The SMILES string of the molecule is C[C@H]1OCc2c3c(nc(N)c21)CO[C@H](C(=O)N1CCC[C@@H]2Oc4nc(C(F)(F)F)ccc4[Si]21)C3. The number of hydrogen-bond acceptors (Lipinski definition) is 7. The van der Waals surface area contributed by atoms with Gasteiger partial charge in [0.2, 0.25) is 11.8 Å². The molecule has 1 saturated heterocycles. The molecule has 6 heterocycles. The minimum atomic E-state index is -4.55. The number of ether oxygens (including phenoxy) is 3. The molecule has 0 unspecified atom stereocenters. The lowest BCUT2D eigenvalue weighted by atomic mass is 9.93. The zero-order valence-corrected chi connectivity index (χ0v) is 19.3. The van der Waals surface area contributed by atoms with E-state index in [2.05, 4.69) is 9.97 Å². The summed E-state index contributed by atoms with van der Waals surface area (Å²) in [6.07, 6.45) is -3.68. The predicted octanol–water partition coefficient (Wildman–Crippen LogP) is 1.93. The van der Waals surface area contributed by atoms with Gasteiger partial charge in [0, 0.05) is 23.7 Å². The number of amides is 1. The van der Waals surface area contributed by atoms with Gasteiger partial charge in [0.05, 0.1) is 25.0 Å². The number of aromatic nitrogens is 2. The lowest BCUT2D eigenvalue weighted by Gasteiger charge is -2.38. The molecule has 0 aromatic carbocycles. The first-order chi connectivity index (χ1) is 16.2. The molecule has 4 aliphatic heterocycles. The number of anilines is 1. The van der Waals surface area contributed by atoms with E-state index >= 15 is 0 Å². The minimum Gasteiger partial charge on any atom is -0.476 e. The van der Waals surface area contributed by atoms with Gasteiger partial charge in [-0.05, 0) is 37.0 Å². The van der Waals surface area contributed by atoms with Crippen LogP contribution in [0, 0.1) is 0 Å². The van der Waals surface area contributed by atoms with E-state index < -0.39 is 26.9 Å². The molecule has 34 heavy (non-hydrogen) atoms. The number of nitrogens with two attached hydrogens (primary N) is 1. The first kappa shape index (κ1) is 21.8. The van der Waals surface area contributed by atoms with Crippen LogP contribution in [0.1, 0.15) is 53.9 Å². The summed E-state index contributed by atoms with van der Waals surface area (Å²) < 4.78 is 58.7. The number of hydrogen-bond donors (Lipinski definition) is 1. The third kappa shape index (κ3) is 3.30. The highest BCUT2D eigenvalue weighted by Gasteiger charge is 2.49. The number of nitrogen functional groups attached to an aromatic ring is 1. The molecule has 1 radical (unpaired) electrons. The molecule has 2 aromatic heterocycles. The molecule has 4 aliphatic rings. The first-order valence-corrected chi connectivity index (χ1v) is 12.7. The zero-order chi connectivity index (χ0) is 23.8. The average molecular weight is 492 g/mol. The van der Waals surface area contributed by atoms with Gasteiger partial charge in [0.15, 0.2) is 0 Å². The Morgan fingerprint density at radius 1 is 1.21 bits per heavy atom. The quantitative estimate of drug-likeness (QED) is 0.609. The minimum absolute atomic E-state index is 0.00745. The maximum Gasteiger partial charge on any atom is 0.433 e. The molecule has 0 saturated carbocycles. The third-order valence-electron chi connectivity index (χ3n) is 6.93. The smallest absolute Gasteiger partial charge is 0.433 e. The highest BCUT2D eigenvalue weighted by molar-refractivity contribution is 6.75. The fourth-order valence-corrected chi connectivity index (χ4v) is 8.39. The van der Waals surface area contributed by atoms with Crippen molar-refractivity contribution in [3.63, 3.8) is 0 Å². The van der Waals surface area contributed by atoms with Gasteiger partial charge in [-0.1, -0.05) is 6.07 Å². The van der Waals surface area contributed by atoms with Crippen LogP contribution in [0.2, 0.25) is 0 Å². The Morgan fingerprint density at radius 2 is 2.03 bits per heavy atom. The van der Waals surface area contributed by atoms with E-state index in [1.807, 2.05) is 6.92 Å². The van der Waals surface area contributed by atoms with Crippen molar-refractivity contribution < 1.29 is 32.2 Å². The van der Waals surface area contributed by atoms with E-state index in [-0.39, 0.29) is 30.2 Å². The van der Waals surface area contributed by atoms with Crippen molar-refractivity contribution in [3.05, 3.63) is 40.2 Å². The van der Waals surface area contributed by atoms with Crippen molar-refractivity contribution in [2.45, 2.75) is 63.5 Å². The van der Waals surface area contributed by atoms with Gasteiger partial charge >= 0.3 is 6.18 Å². The van der Waals surface area contributed by atoms with E-state index in [1.54, 1.807) is 4.57 Å². The van der Waals surface area contributed by atoms with Gasteiger partial charge in [0.1, 0.15) is 23.3 Å². The van der Waals surface area contributed by atoms with Gasteiger partial charge in [-0.15, -0.1) is 0 Å². The third-order valence-corrected chi connectivity index (χ3v) is 9.90. The van der Waals surface area contributed by atoms with Crippen molar-refractivity contribution >= 4 is 25.9 Å². The number of pyridine rings is 2. The Balaban J connectivity index is 1.29. The second kappa shape index (κ2) is 7.65. The number of alkyl halides is 3. The van der Waals surface area contributed by atoms with Crippen molar-refractivity contribution in [1.29, 1.82) is 0 Å². The molecule has 1 fully saturated rings. The maximum absolute atomic E-state index is 13.7. The second-order valence-electron chi connectivity index (χ2n) is 8.94. The van der Waals surface area contributed by atoms with E-state index in [9.17, 15) is 18.0 Å². The van der Waals surface area contributed by atoms with Gasteiger partial charge in [0.25, 0.3) is 8.96 Å². The van der Waals surface area contributed by atoms with E-state index in [0.29, 0.717) is 43.4 Å². The van der Waals surface area contributed by atoms with Crippen LogP contribution in [-0.4, -0.2) is 47.8 Å². The van der Waals surface area contributed by atoms with E-state index in [1.165, 1.54) is 6.07 Å². The lowest BCUT2D eigenvalue weighted by Crippen LogP contribution is -2.61. The number of nitrogens with zero attached hydrogens (tertiary/aromatic N) is 3. The Kier molecular flexibility index (Phi) is 4.91. The van der Waals surface area contributed by atoms with Crippen LogP contribution in [-0.2, 0) is 40.1 Å². The average Bonchev–Trinajstić information content (AvgIpc) is 3.38. The fraction of sp³-hybridized carbons (Fsp3) is 0.500. The summed E-state index contributed by atoms with van der Waals surface area (Å²) in [5.74, 6) is 0.256. The summed E-state index contributed by atoms with van der Waals surface area (Å²) in [6, 6.07) is 2.38. The van der Waals surface area contributed by atoms with Crippen molar-refractivity contribution in [2.24, 2.45) is 0 Å². The van der Waals surface area contributed by atoms with Crippen molar-refractivity contribution in [3.8, 4) is 5.88 Å². The molecular weight excluding hydrogens is 469 g/mol. The highest BCUT2D eigenvalue weighted by atomic mass is 28.3. The van der Waals surface area contributed by atoms with Gasteiger partial charge in [-0.3, -0.25) is 4.79 Å².